The summed E-state index contributed by atoms with van der Waals surface area (Å²) < 4.78 is 6.92. The van der Waals surface area contributed by atoms with Crippen molar-refractivity contribution in [1.82, 2.24) is 15.1 Å². The van der Waals surface area contributed by atoms with E-state index >= 15 is 0 Å². The molecule has 2 aromatic carbocycles. The summed E-state index contributed by atoms with van der Waals surface area (Å²) in [6.45, 7) is 3.81. The fraction of sp³-hybridized carbons (Fsp3) is 0.261. The van der Waals surface area contributed by atoms with Crippen LogP contribution in [0.2, 0.25) is 0 Å². The van der Waals surface area contributed by atoms with E-state index in [0.29, 0.717) is 23.5 Å². The number of carbonyl (C=O) groups excluding carboxylic acids is 2. The molecule has 30 heavy (non-hydrogen) atoms. The van der Waals surface area contributed by atoms with Crippen LogP contribution in [0.3, 0.4) is 0 Å². The number of amides is 1. The fourth-order valence-electron chi connectivity index (χ4n) is 3.02. The molecule has 1 heterocycles. The minimum atomic E-state index is -0.540. The van der Waals surface area contributed by atoms with E-state index in [0.717, 1.165) is 17.9 Å². The highest BCUT2D eigenvalue weighted by Gasteiger charge is 2.21. The largest absolute Gasteiger partial charge is 0.452 e. The highest BCUT2D eigenvalue weighted by Crippen LogP contribution is 2.19. The van der Waals surface area contributed by atoms with Crippen molar-refractivity contribution in [3.8, 4) is 5.69 Å². The van der Waals surface area contributed by atoms with Gasteiger partial charge in [0.15, 0.2) is 6.61 Å². The summed E-state index contributed by atoms with van der Waals surface area (Å²) in [5.41, 5.74) is 2.51. The Labute approximate surface area is 180 Å². The Kier molecular flexibility index (Phi) is 7.68. The zero-order chi connectivity index (χ0) is 21.3. The fourth-order valence-corrected chi connectivity index (χ4v) is 3.89. The van der Waals surface area contributed by atoms with Crippen molar-refractivity contribution in [2.24, 2.45) is 0 Å². The molecule has 0 saturated heterocycles. The summed E-state index contributed by atoms with van der Waals surface area (Å²) in [5, 5.41) is 7.22. The third kappa shape index (κ3) is 5.73. The van der Waals surface area contributed by atoms with Gasteiger partial charge in [0.05, 0.1) is 17.1 Å². The topological polar surface area (TPSA) is 73.2 Å². The predicted octanol–water partition coefficient (Wildman–Crippen LogP) is 3.94. The Hall–Kier alpha value is -3.06. The van der Waals surface area contributed by atoms with Gasteiger partial charge < -0.3 is 10.1 Å². The van der Waals surface area contributed by atoms with Gasteiger partial charge in [0.2, 0.25) is 0 Å². The second-order valence-electron chi connectivity index (χ2n) is 6.73. The van der Waals surface area contributed by atoms with Gasteiger partial charge in [-0.1, -0.05) is 36.4 Å². The predicted molar refractivity (Wildman–Crippen MR) is 118 cm³/mol. The van der Waals surface area contributed by atoms with E-state index in [1.807, 2.05) is 55.5 Å². The molecule has 0 spiro atoms. The molecule has 1 N–H and O–H groups in total. The number of aromatic nitrogens is 2. The van der Waals surface area contributed by atoms with Crippen LogP contribution in [0.5, 0.6) is 0 Å². The SMILES string of the molecule is Cc1nn(-c2ccccc2)c(C)c1C(=O)OCC(=O)NCCCSc1ccccc1. The van der Waals surface area contributed by atoms with Crippen LogP contribution in [0.4, 0.5) is 0 Å². The number of benzene rings is 2. The molecular formula is C23H25N3O3S. The second kappa shape index (κ2) is 10.6. The van der Waals surface area contributed by atoms with Crippen LogP contribution in [-0.2, 0) is 9.53 Å². The number of rotatable bonds is 9. The van der Waals surface area contributed by atoms with Crippen molar-refractivity contribution in [2.75, 3.05) is 18.9 Å². The molecule has 6 nitrogen and oxygen atoms in total. The number of nitrogens with zero attached hydrogens (tertiary/aromatic N) is 2. The first kappa shape index (κ1) is 21.6. The average Bonchev–Trinajstić information content (AvgIpc) is 3.07. The van der Waals surface area contributed by atoms with Crippen molar-refractivity contribution in [1.29, 1.82) is 0 Å². The maximum atomic E-state index is 12.5. The molecule has 0 aliphatic rings. The Morgan fingerprint density at radius 2 is 1.70 bits per heavy atom. The Morgan fingerprint density at radius 3 is 2.40 bits per heavy atom. The van der Waals surface area contributed by atoms with Gasteiger partial charge in [0.25, 0.3) is 5.91 Å². The lowest BCUT2D eigenvalue weighted by Gasteiger charge is -2.07. The number of thioether (sulfide) groups is 1. The van der Waals surface area contributed by atoms with E-state index in [9.17, 15) is 9.59 Å². The molecule has 156 valence electrons. The van der Waals surface area contributed by atoms with E-state index in [2.05, 4.69) is 22.5 Å². The molecule has 0 aliphatic heterocycles. The van der Waals surface area contributed by atoms with Crippen LogP contribution in [0.25, 0.3) is 5.69 Å². The lowest BCUT2D eigenvalue weighted by molar-refractivity contribution is -0.124. The molecular weight excluding hydrogens is 398 g/mol. The van der Waals surface area contributed by atoms with E-state index in [-0.39, 0.29) is 12.5 Å². The summed E-state index contributed by atoms with van der Waals surface area (Å²) in [7, 11) is 0. The summed E-state index contributed by atoms with van der Waals surface area (Å²) >= 11 is 1.75. The van der Waals surface area contributed by atoms with Gasteiger partial charge in [-0.2, -0.15) is 5.10 Å². The number of nitrogens with one attached hydrogen (secondary N) is 1. The minimum Gasteiger partial charge on any atom is -0.452 e. The van der Waals surface area contributed by atoms with E-state index in [1.165, 1.54) is 4.90 Å². The van der Waals surface area contributed by atoms with Gasteiger partial charge in [-0.15, -0.1) is 11.8 Å². The summed E-state index contributed by atoms with van der Waals surface area (Å²) in [6, 6.07) is 19.7. The first-order chi connectivity index (χ1) is 14.6. The summed E-state index contributed by atoms with van der Waals surface area (Å²) in [5.74, 6) is 0.0574. The molecule has 0 bridgehead atoms. The molecule has 0 fully saturated rings. The van der Waals surface area contributed by atoms with Gasteiger partial charge in [-0.25, -0.2) is 9.48 Å². The molecule has 0 aliphatic carbocycles. The molecule has 7 heteroatoms. The second-order valence-corrected chi connectivity index (χ2v) is 7.90. The zero-order valence-corrected chi connectivity index (χ0v) is 17.9. The average molecular weight is 424 g/mol. The number of hydrogen-bond donors (Lipinski definition) is 1. The number of carbonyl (C=O) groups is 2. The van der Waals surface area contributed by atoms with Gasteiger partial charge in [0, 0.05) is 11.4 Å². The van der Waals surface area contributed by atoms with Gasteiger partial charge in [-0.05, 0) is 50.3 Å². The van der Waals surface area contributed by atoms with Crippen LogP contribution < -0.4 is 5.32 Å². The van der Waals surface area contributed by atoms with Crippen molar-refractivity contribution in [3.63, 3.8) is 0 Å². The minimum absolute atomic E-state index is 0.305. The molecule has 0 saturated carbocycles. The molecule has 3 rings (SSSR count). The lowest BCUT2D eigenvalue weighted by atomic mass is 10.2. The van der Waals surface area contributed by atoms with Crippen molar-refractivity contribution < 1.29 is 14.3 Å². The monoisotopic (exact) mass is 423 g/mol. The smallest absolute Gasteiger partial charge is 0.342 e. The third-order valence-electron chi connectivity index (χ3n) is 4.49. The number of aryl methyl sites for hydroxylation is 1. The number of ether oxygens (including phenoxy) is 1. The molecule has 1 amide bonds. The van der Waals surface area contributed by atoms with E-state index in [1.54, 1.807) is 23.4 Å². The number of esters is 1. The highest BCUT2D eigenvalue weighted by molar-refractivity contribution is 7.99. The van der Waals surface area contributed by atoms with E-state index in [4.69, 9.17) is 4.74 Å². The van der Waals surface area contributed by atoms with Crippen LogP contribution in [0.15, 0.2) is 65.6 Å². The normalized spacial score (nSPS) is 10.6. The Balaban J connectivity index is 1.44. The lowest BCUT2D eigenvalue weighted by Crippen LogP contribution is -2.30. The number of hydrogen-bond acceptors (Lipinski definition) is 5. The zero-order valence-electron chi connectivity index (χ0n) is 17.1. The van der Waals surface area contributed by atoms with Crippen molar-refractivity contribution in [2.45, 2.75) is 25.2 Å². The molecule has 0 radical (unpaired) electrons. The highest BCUT2D eigenvalue weighted by atomic mass is 32.2. The maximum Gasteiger partial charge on any atom is 0.342 e. The standard InChI is InChI=1S/C23H25N3O3S/c1-17-22(18(2)26(25-17)19-10-5-3-6-11-19)23(28)29-16-21(27)24-14-9-15-30-20-12-7-4-8-13-20/h3-8,10-13H,9,14-16H2,1-2H3,(H,24,27). The van der Waals surface area contributed by atoms with E-state index < -0.39 is 5.97 Å². The van der Waals surface area contributed by atoms with Gasteiger partial charge in [-0.3, -0.25) is 4.79 Å². The molecule has 0 unspecified atom stereocenters. The van der Waals surface area contributed by atoms with Crippen LogP contribution >= 0.6 is 11.8 Å². The van der Waals surface area contributed by atoms with Crippen molar-refractivity contribution >= 4 is 23.6 Å². The molecule has 3 aromatic rings. The van der Waals surface area contributed by atoms with Crippen LogP contribution in [0.1, 0.15) is 28.2 Å². The summed E-state index contributed by atoms with van der Waals surface area (Å²) in [4.78, 5) is 25.7. The van der Waals surface area contributed by atoms with Gasteiger partial charge >= 0.3 is 5.97 Å². The third-order valence-corrected chi connectivity index (χ3v) is 5.58. The van der Waals surface area contributed by atoms with Crippen molar-refractivity contribution in [3.05, 3.63) is 77.6 Å². The first-order valence-electron chi connectivity index (χ1n) is 9.79. The summed E-state index contributed by atoms with van der Waals surface area (Å²) in [6.07, 6.45) is 0.835. The number of para-hydroxylation sites is 1. The molecule has 1 aromatic heterocycles. The maximum absolute atomic E-state index is 12.5. The first-order valence-corrected chi connectivity index (χ1v) is 10.8. The quantitative estimate of drug-likeness (QED) is 0.321. The van der Waals surface area contributed by atoms with Crippen LogP contribution in [-0.4, -0.2) is 40.6 Å². The molecule has 0 atom stereocenters. The van der Waals surface area contributed by atoms with Gasteiger partial charge in [0.1, 0.15) is 5.56 Å². The Bertz CT molecular complexity index is 988. The Morgan fingerprint density at radius 1 is 1.03 bits per heavy atom. The van der Waals surface area contributed by atoms with Crippen LogP contribution in [0, 0.1) is 13.8 Å².